The number of nitrogens with one attached hydrogen (secondary N) is 2. The van der Waals surface area contributed by atoms with Gasteiger partial charge in [-0.1, -0.05) is 0 Å². The second kappa shape index (κ2) is 1.95. The van der Waals surface area contributed by atoms with Gasteiger partial charge in [-0.2, -0.15) is 12.4 Å². The molecule has 0 amide bonds. The molecular weight excluding hydrogens is 228 g/mol. The number of aromatic nitrogens is 4. The average molecular weight is 230 g/mol. The van der Waals surface area contributed by atoms with Crippen LogP contribution in [0.15, 0.2) is 14.4 Å². The molecule has 2 aliphatic rings. The summed E-state index contributed by atoms with van der Waals surface area (Å²) < 4.78 is 23.1. The van der Waals surface area contributed by atoms with Gasteiger partial charge in [0.1, 0.15) is 0 Å². The molecule has 0 saturated heterocycles. The van der Waals surface area contributed by atoms with E-state index in [1.807, 2.05) is 0 Å². The molecule has 2 aromatic rings. The van der Waals surface area contributed by atoms with Crippen molar-refractivity contribution >= 4 is 21.4 Å². The van der Waals surface area contributed by atoms with Crippen molar-refractivity contribution < 1.29 is 8.42 Å². The number of hydrogen-bond acceptors (Lipinski definition) is 5. The average Bonchev–Trinajstić information content (AvgIpc) is 2.45. The Bertz CT molecular complexity index is 875. The molecule has 2 N–H and O–H groups in total. The minimum absolute atomic E-state index is 0.0963. The molecule has 2 aliphatic heterocycles. The third-order valence-corrected chi connectivity index (χ3v) is 3.70. The zero-order valence-electron chi connectivity index (χ0n) is 6.84. The van der Waals surface area contributed by atoms with E-state index < -0.39 is 27.1 Å². The van der Waals surface area contributed by atoms with Crippen molar-refractivity contribution in [3.05, 3.63) is 31.3 Å². The van der Waals surface area contributed by atoms with Gasteiger partial charge in [0.2, 0.25) is 0 Å². The molecule has 0 radical (unpaired) electrons. The van der Waals surface area contributed by atoms with Crippen LogP contribution in [0.25, 0.3) is 11.2 Å². The first kappa shape index (κ1) is 8.23. The quantitative estimate of drug-likeness (QED) is 0.429. The minimum atomic E-state index is -4.09. The van der Waals surface area contributed by atoms with Crippen LogP contribution in [0.5, 0.6) is 0 Å². The van der Waals surface area contributed by atoms with E-state index in [1.54, 1.807) is 0 Å². The fraction of sp³-hybridized carbons (Fsp3) is 0. The van der Waals surface area contributed by atoms with E-state index in [-0.39, 0.29) is 15.1 Å². The molecule has 4 heterocycles. The zero-order chi connectivity index (χ0) is 11.0. The fourth-order valence-corrected chi connectivity index (χ4v) is 2.79. The molecule has 15 heavy (non-hydrogen) atoms. The van der Waals surface area contributed by atoms with Crippen LogP contribution in [-0.4, -0.2) is 26.3 Å². The molecule has 2 bridgehead atoms. The van der Waals surface area contributed by atoms with Crippen LogP contribution >= 0.6 is 0 Å². The van der Waals surface area contributed by atoms with Crippen molar-refractivity contribution in [2.45, 2.75) is 0 Å². The molecule has 0 atom stereocenters. The van der Waals surface area contributed by atoms with E-state index in [4.69, 9.17) is 0 Å². The topological polar surface area (TPSA) is 127 Å². The van der Waals surface area contributed by atoms with E-state index in [1.165, 1.54) is 0 Å². The van der Waals surface area contributed by atoms with Crippen LogP contribution < -0.4 is 16.9 Å². The summed E-state index contributed by atoms with van der Waals surface area (Å²) in [4.78, 5) is 37.6. The Kier molecular flexibility index (Phi) is 1.07. The fourth-order valence-electron chi connectivity index (χ4n) is 1.51. The van der Waals surface area contributed by atoms with E-state index >= 15 is 0 Å². The summed E-state index contributed by atoms with van der Waals surface area (Å²) in [6, 6.07) is 0. The SMILES string of the molecule is O=c1[nH]c2c(=O)n3c(=O)n(c2[nH]1)S3(=O)=O. The lowest BCUT2D eigenvalue weighted by Gasteiger charge is -2.18. The predicted octanol–water partition coefficient (Wildman–Crippen LogP) is -2.87. The van der Waals surface area contributed by atoms with Gasteiger partial charge in [-0.15, -0.1) is 3.97 Å². The highest BCUT2D eigenvalue weighted by Gasteiger charge is 2.38. The highest BCUT2D eigenvalue weighted by molar-refractivity contribution is 7.89. The summed E-state index contributed by atoms with van der Waals surface area (Å²) in [6.07, 6.45) is 0. The van der Waals surface area contributed by atoms with E-state index in [0.717, 1.165) is 0 Å². The first-order valence-electron chi connectivity index (χ1n) is 3.71. The lowest BCUT2D eigenvalue weighted by atomic mass is 10.5. The monoisotopic (exact) mass is 230 g/mol. The summed E-state index contributed by atoms with van der Waals surface area (Å²) in [5, 5.41) is 0. The Morgan fingerprint density at radius 2 is 1.67 bits per heavy atom. The van der Waals surface area contributed by atoms with Gasteiger partial charge in [0, 0.05) is 0 Å². The van der Waals surface area contributed by atoms with Crippen molar-refractivity contribution in [1.82, 2.24) is 17.9 Å². The van der Waals surface area contributed by atoms with Crippen LogP contribution in [0.1, 0.15) is 0 Å². The van der Waals surface area contributed by atoms with Crippen LogP contribution in [0.3, 0.4) is 0 Å². The molecule has 0 fully saturated rings. The van der Waals surface area contributed by atoms with E-state index in [0.29, 0.717) is 3.97 Å². The number of H-pyrrole nitrogens is 2. The van der Waals surface area contributed by atoms with Crippen LogP contribution in [0.2, 0.25) is 0 Å². The van der Waals surface area contributed by atoms with Gasteiger partial charge in [-0.3, -0.25) is 14.8 Å². The highest BCUT2D eigenvalue weighted by Crippen LogP contribution is 2.10. The molecule has 78 valence electrons. The van der Waals surface area contributed by atoms with Crippen molar-refractivity contribution in [2.75, 3.05) is 0 Å². The molecule has 0 spiro atoms. The molecular formula is C5H2N4O5S. The molecule has 4 rings (SSSR count). The number of aromatic amines is 2. The van der Waals surface area contributed by atoms with Crippen molar-refractivity contribution in [3.8, 4) is 0 Å². The van der Waals surface area contributed by atoms with Gasteiger partial charge < -0.3 is 0 Å². The van der Waals surface area contributed by atoms with Crippen LogP contribution in [0, 0.1) is 0 Å². The zero-order valence-corrected chi connectivity index (χ0v) is 7.66. The summed E-state index contributed by atoms with van der Waals surface area (Å²) in [7, 11) is -4.09. The Morgan fingerprint density at radius 1 is 1.00 bits per heavy atom. The maximum atomic E-state index is 11.4. The summed E-state index contributed by atoms with van der Waals surface area (Å²) >= 11 is 0. The lowest BCUT2D eigenvalue weighted by molar-refractivity contribution is 0.550. The summed E-state index contributed by atoms with van der Waals surface area (Å²) in [6.45, 7) is 0. The number of hydrogen-bond donors (Lipinski definition) is 2. The molecule has 0 aromatic carbocycles. The van der Waals surface area contributed by atoms with Gasteiger partial charge in [-0.25, -0.2) is 9.59 Å². The molecule has 9 nitrogen and oxygen atoms in total. The lowest BCUT2D eigenvalue weighted by Crippen LogP contribution is -2.58. The second-order valence-electron chi connectivity index (χ2n) is 2.93. The number of imidazole rings is 1. The Balaban J connectivity index is 2.88. The summed E-state index contributed by atoms with van der Waals surface area (Å²) in [5.74, 6) is 0. The third kappa shape index (κ3) is 0.664. The largest absolute Gasteiger partial charge is 0.363 e. The Hall–Kier alpha value is -2.10. The molecule has 0 aliphatic carbocycles. The number of rotatable bonds is 0. The molecule has 10 heteroatoms. The summed E-state index contributed by atoms with van der Waals surface area (Å²) in [5.41, 5.74) is -3.32. The van der Waals surface area contributed by atoms with Crippen molar-refractivity contribution in [1.29, 1.82) is 0 Å². The normalized spacial score (nSPS) is 16.5. The third-order valence-electron chi connectivity index (χ3n) is 2.12. The number of nitrogens with zero attached hydrogens (tertiary/aromatic N) is 2. The first-order valence-corrected chi connectivity index (χ1v) is 5.10. The molecule has 0 unspecified atom stereocenters. The van der Waals surface area contributed by atoms with Gasteiger partial charge >= 0.3 is 21.6 Å². The smallest absolute Gasteiger partial charge is 0.300 e. The van der Waals surface area contributed by atoms with Crippen molar-refractivity contribution in [2.24, 2.45) is 0 Å². The van der Waals surface area contributed by atoms with Gasteiger partial charge in [-0.05, 0) is 0 Å². The van der Waals surface area contributed by atoms with Gasteiger partial charge in [0.15, 0.2) is 11.2 Å². The Labute approximate surface area is 79.8 Å². The maximum Gasteiger partial charge on any atom is 0.363 e. The van der Waals surface area contributed by atoms with E-state index in [9.17, 15) is 22.8 Å². The predicted molar refractivity (Wildman–Crippen MR) is 47.2 cm³/mol. The standard InChI is InChI=1S/C5H2N4O5S/c10-3-1-2(7-4(11)6-1)8-5(12)9(3)15(8,13)14/h(H2,6,7,11). The van der Waals surface area contributed by atoms with Crippen LogP contribution in [-0.2, 0) is 10.2 Å². The van der Waals surface area contributed by atoms with Gasteiger partial charge in [0.25, 0.3) is 5.56 Å². The highest BCUT2D eigenvalue weighted by atomic mass is 32.2. The molecule has 2 aromatic heterocycles. The first-order chi connectivity index (χ1) is 6.94. The van der Waals surface area contributed by atoms with E-state index in [2.05, 4.69) is 9.97 Å². The van der Waals surface area contributed by atoms with Gasteiger partial charge in [0.05, 0.1) is 0 Å². The Morgan fingerprint density at radius 3 is 2.27 bits per heavy atom. The van der Waals surface area contributed by atoms with Crippen molar-refractivity contribution in [3.63, 3.8) is 0 Å². The van der Waals surface area contributed by atoms with Crippen LogP contribution in [0.4, 0.5) is 0 Å². The molecule has 0 saturated carbocycles. The second-order valence-corrected chi connectivity index (χ2v) is 4.55. The minimum Gasteiger partial charge on any atom is -0.300 e. The maximum absolute atomic E-state index is 11.4.